The lowest BCUT2D eigenvalue weighted by atomic mass is 10.1. The lowest BCUT2D eigenvalue weighted by Crippen LogP contribution is -2.19. The van der Waals surface area contributed by atoms with Gasteiger partial charge in [0.1, 0.15) is 0 Å². The molecule has 2 nitrogen and oxygen atoms in total. The van der Waals surface area contributed by atoms with Gasteiger partial charge in [-0.25, -0.2) is 0 Å². The Labute approximate surface area is 83.3 Å². The van der Waals surface area contributed by atoms with E-state index in [0.717, 1.165) is 11.6 Å². The smallest absolute Gasteiger partial charge is 0.0589 e. The summed E-state index contributed by atoms with van der Waals surface area (Å²) in [6.07, 6.45) is 4.34. The molecule has 1 aliphatic carbocycles. The Kier molecular flexibility index (Phi) is 2.51. The normalized spacial score (nSPS) is 18.6. The molecule has 1 heterocycles. The van der Waals surface area contributed by atoms with Crippen LogP contribution in [0.4, 0.5) is 0 Å². The summed E-state index contributed by atoms with van der Waals surface area (Å²) < 4.78 is 0. The zero-order chi connectivity index (χ0) is 9.26. The Morgan fingerprint density at radius 3 is 2.77 bits per heavy atom. The second-order valence-corrected chi connectivity index (χ2v) is 3.94. The first-order valence-corrected chi connectivity index (χ1v) is 4.98. The summed E-state index contributed by atoms with van der Waals surface area (Å²) in [5, 5.41) is 4.00. The van der Waals surface area contributed by atoms with Crippen LogP contribution < -0.4 is 5.32 Å². The van der Waals surface area contributed by atoms with E-state index in [9.17, 15) is 0 Å². The number of halogens is 1. The largest absolute Gasteiger partial charge is 0.311 e. The van der Waals surface area contributed by atoms with Crippen LogP contribution in [0.15, 0.2) is 18.3 Å². The monoisotopic (exact) mass is 196 g/mol. The molecule has 0 aromatic carbocycles. The Hall–Kier alpha value is -0.600. The third-order valence-corrected chi connectivity index (χ3v) is 2.70. The Balaban J connectivity index is 2.17. The van der Waals surface area contributed by atoms with Crippen LogP contribution in [0.3, 0.4) is 0 Å². The molecule has 3 heteroatoms. The van der Waals surface area contributed by atoms with E-state index in [0.29, 0.717) is 11.1 Å². The standard InChI is InChI=1S/C10H13ClN2/c1-12-10(7-2-3-7)9-5-4-8(11)6-13-9/h4-7,10,12H,2-3H2,1H3. The molecular formula is C10H13ClN2. The van der Waals surface area contributed by atoms with Crippen molar-refractivity contribution in [2.75, 3.05) is 7.05 Å². The Morgan fingerprint density at radius 2 is 2.31 bits per heavy atom. The fraction of sp³-hybridized carbons (Fsp3) is 0.500. The van der Waals surface area contributed by atoms with Crippen molar-refractivity contribution in [3.63, 3.8) is 0 Å². The van der Waals surface area contributed by atoms with Gasteiger partial charge in [0.05, 0.1) is 16.8 Å². The molecule has 70 valence electrons. The van der Waals surface area contributed by atoms with Gasteiger partial charge in [-0.3, -0.25) is 4.98 Å². The summed E-state index contributed by atoms with van der Waals surface area (Å²) in [7, 11) is 1.99. The molecule has 0 radical (unpaired) electrons. The lowest BCUT2D eigenvalue weighted by molar-refractivity contribution is 0.515. The van der Waals surface area contributed by atoms with Crippen LogP contribution in [0, 0.1) is 5.92 Å². The maximum absolute atomic E-state index is 5.77. The molecule has 1 fully saturated rings. The van der Waals surface area contributed by atoms with Crippen LogP contribution >= 0.6 is 11.6 Å². The van der Waals surface area contributed by atoms with Gasteiger partial charge in [-0.15, -0.1) is 0 Å². The molecule has 1 atom stereocenters. The molecule has 0 saturated heterocycles. The first-order valence-electron chi connectivity index (χ1n) is 4.60. The number of hydrogen-bond acceptors (Lipinski definition) is 2. The quantitative estimate of drug-likeness (QED) is 0.803. The van der Waals surface area contributed by atoms with Crippen molar-refractivity contribution in [1.29, 1.82) is 0 Å². The predicted molar refractivity (Wildman–Crippen MR) is 53.8 cm³/mol. The molecule has 1 saturated carbocycles. The summed E-state index contributed by atoms with van der Waals surface area (Å²) >= 11 is 5.77. The van der Waals surface area contributed by atoms with E-state index in [1.165, 1.54) is 12.8 Å². The molecule has 2 rings (SSSR count). The molecule has 0 bridgehead atoms. The van der Waals surface area contributed by atoms with Gasteiger partial charge in [-0.05, 0) is 37.9 Å². The zero-order valence-electron chi connectivity index (χ0n) is 7.63. The Bertz CT molecular complexity index is 279. The lowest BCUT2D eigenvalue weighted by Gasteiger charge is -2.14. The van der Waals surface area contributed by atoms with Crippen molar-refractivity contribution in [3.8, 4) is 0 Å². The number of aromatic nitrogens is 1. The highest BCUT2D eigenvalue weighted by Gasteiger charge is 2.31. The minimum absolute atomic E-state index is 0.414. The van der Waals surface area contributed by atoms with Gasteiger partial charge in [0.25, 0.3) is 0 Å². The van der Waals surface area contributed by atoms with Gasteiger partial charge in [0.2, 0.25) is 0 Å². The summed E-state index contributed by atoms with van der Waals surface area (Å²) in [6, 6.07) is 4.32. The van der Waals surface area contributed by atoms with Crippen molar-refractivity contribution in [3.05, 3.63) is 29.0 Å². The minimum Gasteiger partial charge on any atom is -0.311 e. The topological polar surface area (TPSA) is 24.9 Å². The predicted octanol–water partition coefficient (Wildman–Crippen LogP) is 2.41. The summed E-state index contributed by atoms with van der Waals surface area (Å²) in [5.74, 6) is 0.777. The van der Waals surface area contributed by atoms with E-state index < -0.39 is 0 Å². The van der Waals surface area contributed by atoms with E-state index in [4.69, 9.17) is 11.6 Å². The molecule has 1 aromatic rings. The average Bonchev–Trinajstić information content (AvgIpc) is 2.93. The van der Waals surface area contributed by atoms with Gasteiger partial charge in [-0.2, -0.15) is 0 Å². The van der Waals surface area contributed by atoms with Crippen LogP contribution in [0.25, 0.3) is 0 Å². The van der Waals surface area contributed by atoms with Gasteiger partial charge >= 0.3 is 0 Å². The number of pyridine rings is 1. The fourth-order valence-corrected chi connectivity index (χ4v) is 1.74. The van der Waals surface area contributed by atoms with Crippen molar-refractivity contribution >= 4 is 11.6 Å². The highest BCUT2D eigenvalue weighted by Crippen LogP contribution is 2.40. The Morgan fingerprint density at radius 1 is 1.54 bits per heavy atom. The van der Waals surface area contributed by atoms with Crippen LogP contribution in [0.1, 0.15) is 24.6 Å². The maximum atomic E-state index is 5.77. The van der Waals surface area contributed by atoms with E-state index in [1.807, 2.05) is 19.2 Å². The number of nitrogens with zero attached hydrogens (tertiary/aromatic N) is 1. The molecule has 0 amide bonds. The summed E-state index contributed by atoms with van der Waals surface area (Å²) in [5.41, 5.74) is 1.11. The van der Waals surface area contributed by atoms with E-state index in [-0.39, 0.29) is 0 Å². The molecule has 1 N–H and O–H groups in total. The average molecular weight is 197 g/mol. The number of rotatable bonds is 3. The van der Waals surface area contributed by atoms with Gasteiger partial charge < -0.3 is 5.32 Å². The summed E-state index contributed by atoms with van der Waals surface area (Å²) in [6.45, 7) is 0. The van der Waals surface area contributed by atoms with Crippen molar-refractivity contribution in [2.45, 2.75) is 18.9 Å². The second-order valence-electron chi connectivity index (χ2n) is 3.51. The molecule has 0 aliphatic heterocycles. The minimum atomic E-state index is 0.414. The zero-order valence-corrected chi connectivity index (χ0v) is 8.38. The van der Waals surface area contributed by atoms with Crippen molar-refractivity contribution in [1.82, 2.24) is 10.3 Å². The van der Waals surface area contributed by atoms with E-state index >= 15 is 0 Å². The molecular weight excluding hydrogens is 184 g/mol. The van der Waals surface area contributed by atoms with Crippen molar-refractivity contribution in [2.24, 2.45) is 5.92 Å². The molecule has 1 aliphatic rings. The maximum Gasteiger partial charge on any atom is 0.0589 e. The molecule has 13 heavy (non-hydrogen) atoms. The number of nitrogens with one attached hydrogen (secondary N) is 1. The van der Waals surface area contributed by atoms with Crippen LogP contribution in [-0.4, -0.2) is 12.0 Å². The first kappa shape index (κ1) is 8.97. The van der Waals surface area contributed by atoms with Crippen LogP contribution in [0.2, 0.25) is 5.02 Å². The van der Waals surface area contributed by atoms with E-state index in [2.05, 4.69) is 10.3 Å². The fourth-order valence-electron chi connectivity index (χ4n) is 1.63. The van der Waals surface area contributed by atoms with Gasteiger partial charge in [-0.1, -0.05) is 11.6 Å². The third-order valence-electron chi connectivity index (χ3n) is 2.47. The summed E-state index contributed by atoms with van der Waals surface area (Å²) in [4.78, 5) is 4.32. The second kappa shape index (κ2) is 3.64. The first-order chi connectivity index (χ1) is 6.31. The third kappa shape index (κ3) is 2.01. The highest BCUT2D eigenvalue weighted by atomic mass is 35.5. The van der Waals surface area contributed by atoms with Crippen LogP contribution in [0.5, 0.6) is 0 Å². The van der Waals surface area contributed by atoms with Gasteiger partial charge in [0.15, 0.2) is 0 Å². The molecule has 1 aromatic heterocycles. The number of hydrogen-bond donors (Lipinski definition) is 1. The highest BCUT2D eigenvalue weighted by molar-refractivity contribution is 6.30. The van der Waals surface area contributed by atoms with E-state index in [1.54, 1.807) is 6.20 Å². The van der Waals surface area contributed by atoms with Crippen molar-refractivity contribution < 1.29 is 0 Å². The molecule has 1 unspecified atom stereocenters. The van der Waals surface area contributed by atoms with Crippen LogP contribution in [-0.2, 0) is 0 Å². The SMILES string of the molecule is CNC(c1ccc(Cl)cn1)C1CC1. The molecule has 0 spiro atoms. The van der Waals surface area contributed by atoms with Gasteiger partial charge in [0, 0.05) is 6.20 Å².